The van der Waals surface area contributed by atoms with Crippen LogP contribution in [0.5, 0.6) is 0 Å². The van der Waals surface area contributed by atoms with Gasteiger partial charge in [-0.1, -0.05) is 6.07 Å². The number of nitrogens with one attached hydrogen (secondary N) is 2. The van der Waals surface area contributed by atoms with Crippen molar-refractivity contribution in [2.75, 3.05) is 31.6 Å². The number of H-pyrrole nitrogens is 1. The van der Waals surface area contributed by atoms with Crippen molar-refractivity contribution in [2.24, 2.45) is 5.92 Å². The van der Waals surface area contributed by atoms with Gasteiger partial charge in [-0.2, -0.15) is 0 Å². The number of nitrogens with zero attached hydrogens (tertiary/aromatic N) is 5. The van der Waals surface area contributed by atoms with E-state index in [2.05, 4.69) is 25.3 Å². The molecular weight excluding hydrogens is 529 g/mol. The highest BCUT2D eigenvalue weighted by molar-refractivity contribution is 5.79. The summed E-state index contributed by atoms with van der Waals surface area (Å²) in [5.41, 5.74) is 3.57. The number of ether oxygens (including phenoxy) is 2. The number of β-amino-alcohol motifs (C(OH)–C–C–N with tert-alkyl or cyclic N) is 1. The van der Waals surface area contributed by atoms with E-state index in [1.165, 1.54) is 12.1 Å². The van der Waals surface area contributed by atoms with E-state index in [4.69, 9.17) is 14.5 Å². The molecule has 0 saturated carbocycles. The molecule has 6 rings (SSSR count). The van der Waals surface area contributed by atoms with Crippen LogP contribution in [-0.4, -0.2) is 79.5 Å². The Kier molecular flexibility index (Phi) is 7.94. The number of imidazole rings is 1. The SMILES string of the molecule is O=C(C1COC(Cc2nc(-c3ccc(F)cc3)c(-c3ccnc(NCc4cccnc4)n3)[nH]2)OC1)N1CCC(O)C1. The van der Waals surface area contributed by atoms with E-state index in [9.17, 15) is 14.3 Å². The molecule has 0 spiro atoms. The second kappa shape index (κ2) is 12.1. The third kappa shape index (κ3) is 6.40. The molecule has 212 valence electrons. The van der Waals surface area contributed by atoms with E-state index in [1.807, 2.05) is 12.1 Å². The fourth-order valence-electron chi connectivity index (χ4n) is 4.95. The highest BCUT2D eigenvalue weighted by Crippen LogP contribution is 2.30. The lowest BCUT2D eigenvalue weighted by Gasteiger charge is -2.30. The summed E-state index contributed by atoms with van der Waals surface area (Å²) in [6, 6.07) is 11.7. The molecule has 2 saturated heterocycles. The van der Waals surface area contributed by atoms with E-state index >= 15 is 0 Å². The molecule has 0 radical (unpaired) electrons. The van der Waals surface area contributed by atoms with E-state index < -0.39 is 18.3 Å². The Morgan fingerprint density at radius 3 is 2.68 bits per heavy atom. The Morgan fingerprint density at radius 1 is 1.12 bits per heavy atom. The number of hydrogen-bond acceptors (Lipinski definition) is 9. The van der Waals surface area contributed by atoms with E-state index in [-0.39, 0.29) is 24.9 Å². The van der Waals surface area contributed by atoms with Crippen molar-refractivity contribution in [1.82, 2.24) is 29.8 Å². The van der Waals surface area contributed by atoms with Gasteiger partial charge in [0.2, 0.25) is 11.9 Å². The quantitative estimate of drug-likeness (QED) is 0.297. The number of aliphatic hydroxyl groups excluding tert-OH is 1. The summed E-state index contributed by atoms with van der Waals surface area (Å²) in [4.78, 5) is 35.7. The summed E-state index contributed by atoms with van der Waals surface area (Å²) in [7, 11) is 0. The van der Waals surface area contributed by atoms with Crippen molar-refractivity contribution in [3.05, 3.63) is 78.3 Å². The van der Waals surface area contributed by atoms with Gasteiger partial charge in [0.15, 0.2) is 6.29 Å². The van der Waals surface area contributed by atoms with Crippen LogP contribution in [0.4, 0.5) is 10.3 Å². The van der Waals surface area contributed by atoms with Crippen LogP contribution < -0.4 is 5.32 Å². The second-order valence-corrected chi connectivity index (χ2v) is 10.1. The standard InChI is InChI=1S/C29H30FN7O4/c30-21-5-3-19(4-6-21)26-27(23-7-10-32-29(34-23)33-14-18-2-1-9-31-13-18)36-24(35-26)12-25-40-16-20(17-41-25)28(39)37-11-8-22(38)15-37/h1-7,9-10,13,20,22,25,38H,8,11-12,14-17H2,(H,35,36)(H,32,33,34). The van der Waals surface area contributed by atoms with E-state index in [0.29, 0.717) is 61.3 Å². The van der Waals surface area contributed by atoms with Crippen molar-refractivity contribution in [3.63, 3.8) is 0 Å². The van der Waals surface area contributed by atoms with Crippen LogP contribution in [0.15, 0.2) is 61.1 Å². The van der Waals surface area contributed by atoms with Crippen LogP contribution in [-0.2, 0) is 27.2 Å². The number of aliphatic hydroxyl groups is 1. The first-order valence-corrected chi connectivity index (χ1v) is 13.5. The molecule has 3 aromatic heterocycles. The molecule has 41 heavy (non-hydrogen) atoms. The topological polar surface area (TPSA) is 138 Å². The number of likely N-dealkylation sites (tertiary alicyclic amines) is 1. The lowest BCUT2D eigenvalue weighted by molar-refractivity contribution is -0.204. The number of hydrogen-bond donors (Lipinski definition) is 3. The molecule has 1 aromatic carbocycles. The van der Waals surface area contributed by atoms with Gasteiger partial charge in [-0.05, 0) is 48.4 Å². The van der Waals surface area contributed by atoms with Crippen molar-refractivity contribution in [2.45, 2.75) is 31.8 Å². The number of carbonyl (C=O) groups is 1. The highest BCUT2D eigenvalue weighted by Gasteiger charge is 2.34. The number of pyridine rings is 1. The number of aromatic nitrogens is 5. The molecule has 2 fully saturated rings. The minimum absolute atomic E-state index is 0.0596. The zero-order chi connectivity index (χ0) is 28.2. The average molecular weight is 560 g/mol. The van der Waals surface area contributed by atoms with Crippen LogP contribution >= 0.6 is 0 Å². The van der Waals surface area contributed by atoms with Crippen LogP contribution in [0.3, 0.4) is 0 Å². The largest absolute Gasteiger partial charge is 0.391 e. The number of anilines is 1. The molecule has 3 N–H and O–H groups in total. The Morgan fingerprint density at radius 2 is 1.95 bits per heavy atom. The lowest BCUT2D eigenvalue weighted by atomic mass is 10.1. The molecular formula is C29H30FN7O4. The summed E-state index contributed by atoms with van der Waals surface area (Å²) in [6.07, 6.45) is 4.99. The molecule has 0 aliphatic carbocycles. The van der Waals surface area contributed by atoms with Gasteiger partial charge in [0.25, 0.3) is 0 Å². The van der Waals surface area contributed by atoms with E-state index in [0.717, 1.165) is 11.1 Å². The van der Waals surface area contributed by atoms with E-state index in [1.54, 1.807) is 41.7 Å². The molecule has 1 unspecified atom stereocenters. The normalized spacial score (nSPS) is 20.7. The summed E-state index contributed by atoms with van der Waals surface area (Å²) >= 11 is 0. The predicted molar refractivity (Wildman–Crippen MR) is 147 cm³/mol. The molecule has 4 aromatic rings. The Hall–Kier alpha value is -4.26. The minimum Gasteiger partial charge on any atom is -0.391 e. The molecule has 12 heteroatoms. The average Bonchev–Trinajstić information content (AvgIpc) is 3.64. The first kappa shape index (κ1) is 26.9. The van der Waals surface area contributed by atoms with Crippen molar-refractivity contribution < 1.29 is 23.8 Å². The van der Waals surface area contributed by atoms with Gasteiger partial charge in [-0.15, -0.1) is 0 Å². The van der Waals surface area contributed by atoms with Gasteiger partial charge in [-0.3, -0.25) is 9.78 Å². The third-order valence-electron chi connectivity index (χ3n) is 7.11. The number of amides is 1. The maximum atomic E-state index is 13.7. The highest BCUT2D eigenvalue weighted by atomic mass is 19.1. The Labute approximate surface area is 235 Å². The minimum atomic E-state index is -0.592. The van der Waals surface area contributed by atoms with Crippen LogP contribution in [0.25, 0.3) is 22.6 Å². The maximum Gasteiger partial charge on any atom is 0.230 e. The number of halogens is 1. The molecule has 1 atom stereocenters. The van der Waals surface area contributed by atoms with Gasteiger partial charge in [-0.25, -0.2) is 19.3 Å². The first-order valence-electron chi connectivity index (χ1n) is 13.5. The number of rotatable bonds is 8. The van der Waals surface area contributed by atoms with Crippen LogP contribution in [0.1, 0.15) is 17.8 Å². The van der Waals surface area contributed by atoms with Gasteiger partial charge < -0.3 is 29.8 Å². The lowest BCUT2D eigenvalue weighted by Crippen LogP contribution is -2.44. The van der Waals surface area contributed by atoms with Crippen molar-refractivity contribution in [1.29, 1.82) is 0 Å². The smallest absolute Gasteiger partial charge is 0.230 e. The zero-order valence-electron chi connectivity index (χ0n) is 22.2. The summed E-state index contributed by atoms with van der Waals surface area (Å²) in [6.45, 7) is 1.86. The Balaban J connectivity index is 1.18. The second-order valence-electron chi connectivity index (χ2n) is 10.1. The fourth-order valence-corrected chi connectivity index (χ4v) is 4.95. The molecule has 2 aliphatic rings. The monoisotopic (exact) mass is 559 g/mol. The van der Waals surface area contributed by atoms with Crippen LogP contribution in [0, 0.1) is 11.7 Å². The summed E-state index contributed by atoms with van der Waals surface area (Å²) in [5.74, 6) is 0.229. The molecule has 11 nitrogen and oxygen atoms in total. The van der Waals surface area contributed by atoms with Gasteiger partial charge in [0.05, 0.1) is 48.7 Å². The number of carbonyl (C=O) groups excluding carboxylic acids is 1. The molecule has 0 bridgehead atoms. The van der Waals surface area contributed by atoms with Gasteiger partial charge in [0.1, 0.15) is 11.6 Å². The first-order chi connectivity index (χ1) is 20.0. The maximum absolute atomic E-state index is 13.7. The summed E-state index contributed by atoms with van der Waals surface area (Å²) < 4.78 is 25.5. The number of benzene rings is 1. The zero-order valence-corrected chi connectivity index (χ0v) is 22.2. The molecule has 2 aliphatic heterocycles. The van der Waals surface area contributed by atoms with Gasteiger partial charge in [0, 0.05) is 43.8 Å². The fraction of sp³-hybridized carbons (Fsp3) is 0.345. The molecule has 1 amide bonds. The van der Waals surface area contributed by atoms with Crippen molar-refractivity contribution in [3.8, 4) is 22.6 Å². The van der Waals surface area contributed by atoms with Gasteiger partial charge >= 0.3 is 0 Å². The van der Waals surface area contributed by atoms with Crippen molar-refractivity contribution >= 4 is 11.9 Å². The third-order valence-corrected chi connectivity index (χ3v) is 7.11. The molecule has 5 heterocycles. The summed E-state index contributed by atoms with van der Waals surface area (Å²) in [5, 5.41) is 13.0. The van der Waals surface area contributed by atoms with Crippen LogP contribution in [0.2, 0.25) is 0 Å². The Bertz CT molecular complexity index is 1480. The predicted octanol–water partition coefficient (Wildman–Crippen LogP) is 2.80. The number of aromatic amines is 1.